The number of nitrogens with one attached hydrogen (secondary N) is 1. The molecular formula is C21H25FN4O2. The number of aromatic nitrogens is 2. The summed E-state index contributed by atoms with van der Waals surface area (Å²) in [6.07, 6.45) is 1.58. The lowest BCUT2D eigenvalue weighted by Gasteiger charge is -2.29. The molecule has 148 valence electrons. The molecule has 0 atom stereocenters. The monoisotopic (exact) mass is 384 g/mol. The number of benzene rings is 1. The molecule has 0 unspecified atom stereocenters. The minimum atomic E-state index is -0.442. The third-order valence-electron chi connectivity index (χ3n) is 5.05. The Morgan fingerprint density at radius 1 is 1.25 bits per heavy atom. The zero-order valence-electron chi connectivity index (χ0n) is 17.1. The van der Waals surface area contributed by atoms with Crippen molar-refractivity contribution < 1.29 is 14.0 Å². The zero-order chi connectivity index (χ0) is 20.8. The Morgan fingerprint density at radius 2 is 1.93 bits per heavy atom. The SMILES string of the molecule is Cc1cc(C(=O)N2C=C(C(=O)N(C)C)c3[nH]nc(C)c3C(C)(C)C2)ccc1F. The maximum Gasteiger partial charge on any atom is 0.257 e. The molecule has 6 nitrogen and oxygen atoms in total. The number of likely N-dealkylation sites (N-methyl/N-ethyl adjacent to an activating group) is 1. The van der Waals surface area contributed by atoms with Crippen molar-refractivity contribution in [1.29, 1.82) is 0 Å². The van der Waals surface area contributed by atoms with E-state index in [4.69, 9.17) is 0 Å². The van der Waals surface area contributed by atoms with E-state index in [1.54, 1.807) is 27.2 Å². The van der Waals surface area contributed by atoms with Gasteiger partial charge in [-0.15, -0.1) is 0 Å². The molecule has 0 spiro atoms. The molecular weight excluding hydrogens is 359 g/mol. The van der Waals surface area contributed by atoms with Gasteiger partial charge in [-0.3, -0.25) is 14.7 Å². The van der Waals surface area contributed by atoms with Crippen molar-refractivity contribution in [2.24, 2.45) is 0 Å². The van der Waals surface area contributed by atoms with Crippen LogP contribution >= 0.6 is 0 Å². The number of rotatable bonds is 2. The Labute approximate surface area is 164 Å². The lowest BCUT2D eigenvalue weighted by molar-refractivity contribution is -0.122. The molecule has 0 saturated heterocycles. The van der Waals surface area contributed by atoms with E-state index in [-0.39, 0.29) is 17.6 Å². The molecule has 2 aromatic rings. The minimum Gasteiger partial charge on any atom is -0.345 e. The van der Waals surface area contributed by atoms with Crippen LogP contribution in [0.3, 0.4) is 0 Å². The predicted molar refractivity (Wildman–Crippen MR) is 105 cm³/mol. The van der Waals surface area contributed by atoms with Crippen LogP contribution in [-0.4, -0.2) is 52.5 Å². The van der Waals surface area contributed by atoms with Crippen LogP contribution in [0.4, 0.5) is 4.39 Å². The molecule has 7 heteroatoms. The normalized spacial score (nSPS) is 15.5. The second kappa shape index (κ2) is 6.89. The van der Waals surface area contributed by atoms with E-state index in [9.17, 15) is 14.0 Å². The summed E-state index contributed by atoms with van der Waals surface area (Å²) in [5.74, 6) is -0.866. The van der Waals surface area contributed by atoms with Gasteiger partial charge in [-0.25, -0.2) is 4.39 Å². The molecule has 2 amide bonds. The van der Waals surface area contributed by atoms with Crippen molar-refractivity contribution in [2.45, 2.75) is 33.1 Å². The fraction of sp³-hybridized carbons (Fsp3) is 0.381. The van der Waals surface area contributed by atoms with Crippen LogP contribution in [0.2, 0.25) is 0 Å². The Balaban J connectivity index is 2.14. The number of H-pyrrole nitrogens is 1. The first-order chi connectivity index (χ1) is 13.0. The van der Waals surface area contributed by atoms with Gasteiger partial charge < -0.3 is 9.80 Å². The number of halogens is 1. The van der Waals surface area contributed by atoms with E-state index in [0.29, 0.717) is 28.9 Å². The number of aromatic amines is 1. The van der Waals surface area contributed by atoms with Crippen LogP contribution in [0.15, 0.2) is 24.4 Å². The third kappa shape index (κ3) is 3.32. The van der Waals surface area contributed by atoms with Gasteiger partial charge in [0.2, 0.25) is 0 Å². The van der Waals surface area contributed by atoms with Crippen LogP contribution in [0, 0.1) is 19.7 Å². The quantitative estimate of drug-likeness (QED) is 0.865. The van der Waals surface area contributed by atoms with Gasteiger partial charge in [0.15, 0.2) is 0 Å². The van der Waals surface area contributed by atoms with E-state index < -0.39 is 5.41 Å². The molecule has 0 bridgehead atoms. The Bertz CT molecular complexity index is 988. The molecule has 1 N–H and O–H groups in total. The van der Waals surface area contributed by atoms with Crippen LogP contribution in [0.5, 0.6) is 0 Å². The first kappa shape index (κ1) is 19.8. The van der Waals surface area contributed by atoms with E-state index in [2.05, 4.69) is 10.2 Å². The summed E-state index contributed by atoms with van der Waals surface area (Å²) >= 11 is 0. The highest BCUT2D eigenvalue weighted by Crippen LogP contribution is 2.36. The molecule has 0 aliphatic carbocycles. The molecule has 3 rings (SSSR count). The van der Waals surface area contributed by atoms with E-state index in [1.165, 1.54) is 28.0 Å². The topological polar surface area (TPSA) is 69.3 Å². The lowest BCUT2D eigenvalue weighted by Crippen LogP contribution is -2.37. The summed E-state index contributed by atoms with van der Waals surface area (Å²) in [4.78, 5) is 29.1. The number of hydrogen-bond acceptors (Lipinski definition) is 3. The van der Waals surface area contributed by atoms with Gasteiger partial charge in [-0.05, 0) is 37.6 Å². The van der Waals surface area contributed by atoms with Gasteiger partial charge >= 0.3 is 0 Å². The lowest BCUT2D eigenvalue weighted by atomic mass is 9.82. The van der Waals surface area contributed by atoms with Crippen molar-refractivity contribution in [2.75, 3.05) is 20.6 Å². The van der Waals surface area contributed by atoms with Crippen molar-refractivity contribution >= 4 is 17.4 Å². The maximum atomic E-state index is 13.6. The molecule has 0 fully saturated rings. The average Bonchev–Trinajstić information content (AvgIpc) is 2.96. The smallest absolute Gasteiger partial charge is 0.257 e. The van der Waals surface area contributed by atoms with Gasteiger partial charge in [0.1, 0.15) is 5.82 Å². The third-order valence-corrected chi connectivity index (χ3v) is 5.05. The number of carbonyl (C=O) groups is 2. The highest BCUT2D eigenvalue weighted by atomic mass is 19.1. The molecule has 2 heterocycles. The molecule has 1 aromatic heterocycles. The minimum absolute atomic E-state index is 0.226. The maximum absolute atomic E-state index is 13.6. The molecule has 1 aliphatic heterocycles. The van der Waals surface area contributed by atoms with Gasteiger partial charge in [0, 0.05) is 43.4 Å². The van der Waals surface area contributed by atoms with Crippen molar-refractivity contribution in [1.82, 2.24) is 20.0 Å². The molecule has 28 heavy (non-hydrogen) atoms. The largest absolute Gasteiger partial charge is 0.345 e. The highest BCUT2D eigenvalue weighted by Gasteiger charge is 2.37. The van der Waals surface area contributed by atoms with Gasteiger partial charge in [-0.1, -0.05) is 13.8 Å². The first-order valence-corrected chi connectivity index (χ1v) is 9.09. The molecule has 1 aromatic carbocycles. The number of carbonyl (C=O) groups excluding carboxylic acids is 2. The number of hydrogen-bond donors (Lipinski definition) is 1. The number of amides is 2. The first-order valence-electron chi connectivity index (χ1n) is 9.09. The van der Waals surface area contributed by atoms with Crippen molar-refractivity contribution in [3.8, 4) is 0 Å². The summed E-state index contributed by atoms with van der Waals surface area (Å²) in [5, 5.41) is 7.27. The van der Waals surface area contributed by atoms with E-state index >= 15 is 0 Å². The number of aryl methyl sites for hydroxylation is 2. The van der Waals surface area contributed by atoms with Crippen LogP contribution in [0.1, 0.15) is 46.7 Å². The summed E-state index contributed by atoms with van der Waals surface area (Å²) in [6, 6.07) is 4.29. The summed E-state index contributed by atoms with van der Waals surface area (Å²) in [5.41, 5.74) is 3.05. The standard InChI is InChI=1S/C21H25FN4O2/c1-12-9-14(7-8-16(12)22)19(27)26-10-15(20(28)25(5)6)18-17(13(2)23-24-18)21(3,4)11-26/h7-10H,11H2,1-6H3,(H,23,24). The zero-order valence-corrected chi connectivity index (χ0v) is 17.1. The Morgan fingerprint density at radius 3 is 2.54 bits per heavy atom. The number of nitrogens with zero attached hydrogens (tertiary/aromatic N) is 3. The van der Waals surface area contributed by atoms with Gasteiger partial charge in [-0.2, -0.15) is 5.10 Å². The predicted octanol–water partition coefficient (Wildman–Crippen LogP) is 3.03. The van der Waals surface area contributed by atoms with Gasteiger partial charge in [0.25, 0.3) is 11.8 Å². The summed E-state index contributed by atoms with van der Waals surface area (Å²) < 4.78 is 13.6. The van der Waals surface area contributed by atoms with Crippen LogP contribution < -0.4 is 0 Å². The summed E-state index contributed by atoms with van der Waals surface area (Å²) in [6.45, 7) is 7.90. The molecule has 0 saturated carbocycles. The number of fused-ring (bicyclic) bond motifs is 1. The van der Waals surface area contributed by atoms with Crippen molar-refractivity contribution in [3.05, 3.63) is 58.3 Å². The van der Waals surface area contributed by atoms with Gasteiger partial charge in [0.05, 0.1) is 17.0 Å². The van der Waals surface area contributed by atoms with Crippen molar-refractivity contribution in [3.63, 3.8) is 0 Å². The summed E-state index contributed by atoms with van der Waals surface area (Å²) in [7, 11) is 3.33. The van der Waals surface area contributed by atoms with E-state index in [1.807, 2.05) is 20.8 Å². The molecule has 1 aliphatic rings. The highest BCUT2D eigenvalue weighted by molar-refractivity contribution is 6.19. The Hall–Kier alpha value is -2.96. The fourth-order valence-electron chi connectivity index (χ4n) is 3.70. The average molecular weight is 384 g/mol. The van der Waals surface area contributed by atoms with Crippen LogP contribution in [0.25, 0.3) is 5.57 Å². The van der Waals surface area contributed by atoms with E-state index in [0.717, 1.165) is 11.3 Å². The second-order valence-corrected chi connectivity index (χ2v) is 8.08. The fourth-order valence-corrected chi connectivity index (χ4v) is 3.70. The van der Waals surface area contributed by atoms with Crippen LogP contribution in [-0.2, 0) is 10.2 Å². The molecule has 0 radical (unpaired) electrons. The Kier molecular flexibility index (Phi) is 4.87. The second-order valence-electron chi connectivity index (χ2n) is 8.08.